The van der Waals surface area contributed by atoms with Crippen molar-refractivity contribution in [3.63, 3.8) is 0 Å². The minimum absolute atomic E-state index is 0.0790. The number of benzene rings is 1. The molecule has 4 N–H and O–H groups in total. The molecule has 0 saturated heterocycles. The predicted octanol–water partition coefficient (Wildman–Crippen LogP) is -0.591. The van der Waals surface area contributed by atoms with Crippen LogP contribution in [-0.4, -0.2) is 26.8 Å². The Bertz CT molecular complexity index is 568. The molecule has 0 spiro atoms. The fourth-order valence-corrected chi connectivity index (χ4v) is 1.91. The molecular formula is C10H13N3O4S. The van der Waals surface area contributed by atoms with Crippen LogP contribution in [-0.2, 0) is 19.6 Å². The molecular weight excluding hydrogens is 258 g/mol. The summed E-state index contributed by atoms with van der Waals surface area (Å²) in [6.07, 6.45) is 0. The molecule has 0 aliphatic carbocycles. The van der Waals surface area contributed by atoms with Crippen LogP contribution in [0, 0.1) is 0 Å². The Morgan fingerprint density at radius 2 is 1.89 bits per heavy atom. The number of anilines is 1. The van der Waals surface area contributed by atoms with Crippen molar-refractivity contribution in [3.8, 4) is 0 Å². The van der Waals surface area contributed by atoms with E-state index in [0.29, 0.717) is 0 Å². The second-order valence-electron chi connectivity index (χ2n) is 3.50. The number of carbonyl (C=O) groups excluding carboxylic acids is 2. The Balaban J connectivity index is 2.85. The van der Waals surface area contributed by atoms with Crippen molar-refractivity contribution < 1.29 is 18.0 Å². The van der Waals surface area contributed by atoms with Crippen LogP contribution in [0.4, 0.5) is 5.69 Å². The van der Waals surface area contributed by atoms with Crippen LogP contribution in [0.5, 0.6) is 0 Å². The molecule has 0 aliphatic rings. The highest BCUT2D eigenvalue weighted by molar-refractivity contribution is 7.89. The second kappa shape index (κ2) is 5.61. The molecule has 8 heteroatoms. The molecule has 1 aromatic rings. The van der Waals surface area contributed by atoms with Gasteiger partial charge in [0.25, 0.3) is 0 Å². The molecule has 1 rings (SSSR count). The fraction of sp³-hybridized carbons (Fsp3) is 0.200. The minimum atomic E-state index is -3.91. The normalized spacial score (nSPS) is 10.8. The van der Waals surface area contributed by atoms with Gasteiger partial charge in [-0.15, -0.1) is 0 Å². The summed E-state index contributed by atoms with van der Waals surface area (Å²) in [5.41, 5.74) is 0.0790. The third-order valence-corrected chi connectivity index (χ3v) is 2.93. The van der Waals surface area contributed by atoms with E-state index < -0.39 is 15.9 Å². The predicted molar refractivity (Wildman–Crippen MR) is 65.1 cm³/mol. The van der Waals surface area contributed by atoms with Gasteiger partial charge in [0.05, 0.1) is 12.2 Å². The molecule has 0 unspecified atom stereocenters. The van der Waals surface area contributed by atoms with Crippen LogP contribution >= 0.6 is 0 Å². The van der Waals surface area contributed by atoms with Crippen LogP contribution < -0.4 is 15.8 Å². The van der Waals surface area contributed by atoms with E-state index in [2.05, 4.69) is 10.6 Å². The summed E-state index contributed by atoms with van der Waals surface area (Å²) in [7, 11) is -3.91. The topological polar surface area (TPSA) is 118 Å². The largest absolute Gasteiger partial charge is 0.347 e. The zero-order valence-corrected chi connectivity index (χ0v) is 10.5. The molecule has 7 nitrogen and oxygen atoms in total. The number of primary sulfonamides is 1. The smallest absolute Gasteiger partial charge is 0.243 e. The molecule has 0 aromatic heterocycles. The Morgan fingerprint density at radius 1 is 1.28 bits per heavy atom. The lowest BCUT2D eigenvalue weighted by atomic mass is 10.3. The van der Waals surface area contributed by atoms with Crippen molar-refractivity contribution >= 4 is 27.5 Å². The lowest BCUT2D eigenvalue weighted by Crippen LogP contribution is -2.31. The second-order valence-corrected chi connectivity index (χ2v) is 5.03. The van der Waals surface area contributed by atoms with E-state index in [1.807, 2.05) is 0 Å². The first-order valence-corrected chi connectivity index (χ1v) is 6.51. The number of sulfonamides is 1. The van der Waals surface area contributed by atoms with Gasteiger partial charge in [0.15, 0.2) is 0 Å². The summed E-state index contributed by atoms with van der Waals surface area (Å²) in [5, 5.41) is 9.66. The van der Waals surface area contributed by atoms with Crippen LogP contribution in [0.3, 0.4) is 0 Å². The monoisotopic (exact) mass is 271 g/mol. The molecule has 18 heavy (non-hydrogen) atoms. The van der Waals surface area contributed by atoms with Gasteiger partial charge in [-0.1, -0.05) is 12.1 Å². The van der Waals surface area contributed by atoms with Gasteiger partial charge in [0, 0.05) is 6.92 Å². The summed E-state index contributed by atoms with van der Waals surface area (Å²) in [6.45, 7) is 1.03. The van der Waals surface area contributed by atoms with Crippen molar-refractivity contribution in [3.05, 3.63) is 24.3 Å². The standard InChI is InChI=1S/C10H13N3O4S/c1-7(14)12-6-10(15)13-8-4-2-3-5-9(8)18(11,16)17/h2-5H,6H2,1H3,(H,12,14)(H,13,15)(H2,11,16,17). The van der Waals surface area contributed by atoms with E-state index in [1.54, 1.807) is 6.07 Å². The van der Waals surface area contributed by atoms with Gasteiger partial charge in [0.1, 0.15) is 4.90 Å². The average molecular weight is 271 g/mol. The molecule has 0 saturated carbocycles. The van der Waals surface area contributed by atoms with Crippen molar-refractivity contribution in [2.45, 2.75) is 11.8 Å². The van der Waals surface area contributed by atoms with Gasteiger partial charge in [-0.2, -0.15) is 0 Å². The maximum Gasteiger partial charge on any atom is 0.243 e. The minimum Gasteiger partial charge on any atom is -0.347 e. The number of nitrogens with two attached hydrogens (primary N) is 1. The van der Waals surface area contributed by atoms with Gasteiger partial charge in [-0.3, -0.25) is 9.59 Å². The maximum absolute atomic E-state index is 11.4. The Kier molecular flexibility index (Phi) is 4.40. The number of rotatable bonds is 4. The van der Waals surface area contributed by atoms with Crippen molar-refractivity contribution in [1.29, 1.82) is 0 Å². The number of hydrogen-bond donors (Lipinski definition) is 3. The number of hydrogen-bond acceptors (Lipinski definition) is 4. The van der Waals surface area contributed by atoms with Crippen LogP contribution in [0.1, 0.15) is 6.92 Å². The Labute approximate surface area is 104 Å². The lowest BCUT2D eigenvalue weighted by Gasteiger charge is -2.09. The Hall–Kier alpha value is -1.93. The van der Waals surface area contributed by atoms with Gasteiger partial charge < -0.3 is 10.6 Å². The van der Waals surface area contributed by atoms with Crippen LogP contribution in [0.15, 0.2) is 29.2 Å². The number of para-hydroxylation sites is 1. The quantitative estimate of drug-likeness (QED) is 0.678. The molecule has 0 atom stereocenters. The number of nitrogens with one attached hydrogen (secondary N) is 2. The first-order valence-electron chi connectivity index (χ1n) is 4.97. The van der Waals surface area contributed by atoms with Gasteiger partial charge >= 0.3 is 0 Å². The summed E-state index contributed by atoms with van der Waals surface area (Å²) < 4.78 is 22.5. The van der Waals surface area contributed by atoms with E-state index in [9.17, 15) is 18.0 Å². The highest BCUT2D eigenvalue weighted by Gasteiger charge is 2.14. The third kappa shape index (κ3) is 4.15. The van der Waals surface area contributed by atoms with E-state index in [-0.39, 0.29) is 23.0 Å². The van der Waals surface area contributed by atoms with E-state index in [0.717, 1.165) is 0 Å². The Morgan fingerprint density at radius 3 is 2.44 bits per heavy atom. The molecule has 0 aliphatic heterocycles. The van der Waals surface area contributed by atoms with Crippen LogP contribution in [0.2, 0.25) is 0 Å². The van der Waals surface area contributed by atoms with Crippen LogP contribution in [0.25, 0.3) is 0 Å². The molecule has 98 valence electrons. The maximum atomic E-state index is 11.4. The zero-order valence-electron chi connectivity index (χ0n) is 9.64. The van der Waals surface area contributed by atoms with E-state index in [1.165, 1.54) is 25.1 Å². The summed E-state index contributed by atoms with van der Waals surface area (Å²) in [6, 6.07) is 5.74. The van der Waals surface area contributed by atoms with Crippen molar-refractivity contribution in [2.75, 3.05) is 11.9 Å². The highest BCUT2D eigenvalue weighted by atomic mass is 32.2. The van der Waals surface area contributed by atoms with Crippen molar-refractivity contribution in [1.82, 2.24) is 5.32 Å². The highest BCUT2D eigenvalue weighted by Crippen LogP contribution is 2.18. The number of carbonyl (C=O) groups is 2. The molecule has 0 fully saturated rings. The van der Waals surface area contributed by atoms with Crippen molar-refractivity contribution in [2.24, 2.45) is 5.14 Å². The first-order chi connectivity index (χ1) is 8.30. The summed E-state index contributed by atoms with van der Waals surface area (Å²) >= 11 is 0. The summed E-state index contributed by atoms with van der Waals surface area (Å²) in [4.78, 5) is 21.9. The average Bonchev–Trinajstić information content (AvgIpc) is 2.25. The molecule has 2 amide bonds. The molecule has 0 bridgehead atoms. The third-order valence-electron chi connectivity index (χ3n) is 1.97. The molecule has 0 heterocycles. The first kappa shape index (κ1) is 14.1. The summed E-state index contributed by atoms with van der Waals surface area (Å²) in [5.74, 6) is -0.897. The van der Waals surface area contributed by atoms with E-state index in [4.69, 9.17) is 5.14 Å². The van der Waals surface area contributed by atoms with Gasteiger partial charge in [0.2, 0.25) is 21.8 Å². The van der Waals surface area contributed by atoms with E-state index >= 15 is 0 Å². The zero-order chi connectivity index (χ0) is 13.8. The fourth-order valence-electron chi connectivity index (χ4n) is 1.22. The SMILES string of the molecule is CC(=O)NCC(=O)Nc1ccccc1S(N)(=O)=O. The molecule has 1 aromatic carbocycles. The number of amides is 2. The van der Waals surface area contributed by atoms with Gasteiger partial charge in [-0.25, -0.2) is 13.6 Å². The molecule has 0 radical (unpaired) electrons. The lowest BCUT2D eigenvalue weighted by molar-refractivity contribution is -0.122. The van der Waals surface area contributed by atoms with Gasteiger partial charge in [-0.05, 0) is 12.1 Å².